The summed E-state index contributed by atoms with van der Waals surface area (Å²) in [6, 6.07) is 4.56. The maximum atomic E-state index is 11.9. The third-order valence-corrected chi connectivity index (χ3v) is 2.63. The fraction of sp³-hybridized carbons (Fsp3) is 0.125. The molecule has 14 heavy (non-hydrogen) atoms. The molecule has 0 heterocycles. The van der Waals surface area contributed by atoms with E-state index in [1.165, 1.54) is 12.1 Å². The number of alkyl halides is 2. The highest BCUT2D eigenvalue weighted by atomic mass is 79.9. The number of rotatable bonds is 2. The number of benzene rings is 1. The van der Waals surface area contributed by atoms with E-state index in [1.54, 1.807) is 0 Å². The molecule has 0 fully saturated rings. The van der Waals surface area contributed by atoms with E-state index in [0.29, 0.717) is 8.95 Å². The minimum absolute atomic E-state index is 0.0558. The molecule has 1 rings (SSSR count). The SMILES string of the molecule is N#Cc1cc(OC(F)F)c(Br)cc1Br. The lowest BCUT2D eigenvalue weighted by atomic mass is 10.2. The lowest BCUT2D eigenvalue weighted by molar-refractivity contribution is -0.0503. The monoisotopic (exact) mass is 325 g/mol. The van der Waals surface area contributed by atoms with Crippen molar-refractivity contribution in [3.05, 3.63) is 26.6 Å². The molecule has 6 heteroatoms. The third-order valence-electron chi connectivity index (χ3n) is 1.36. The zero-order valence-electron chi connectivity index (χ0n) is 6.60. The number of nitrogens with zero attached hydrogens (tertiary/aromatic N) is 1. The van der Waals surface area contributed by atoms with Crippen LogP contribution in [0.1, 0.15) is 5.56 Å². The molecular formula is C8H3Br2F2NO. The Morgan fingerprint density at radius 2 is 1.93 bits per heavy atom. The summed E-state index contributed by atoms with van der Waals surface area (Å²) in [7, 11) is 0. The molecule has 1 aromatic rings. The van der Waals surface area contributed by atoms with E-state index in [1.807, 2.05) is 6.07 Å². The lowest BCUT2D eigenvalue weighted by Gasteiger charge is -2.07. The summed E-state index contributed by atoms with van der Waals surface area (Å²) in [6.45, 7) is -2.90. The summed E-state index contributed by atoms with van der Waals surface area (Å²) in [6.07, 6.45) is 0. The van der Waals surface area contributed by atoms with Gasteiger partial charge in [0.2, 0.25) is 0 Å². The maximum Gasteiger partial charge on any atom is 0.387 e. The Labute approximate surface area is 95.7 Å². The highest BCUT2D eigenvalue weighted by Gasteiger charge is 2.11. The number of nitriles is 1. The Morgan fingerprint density at radius 3 is 2.43 bits per heavy atom. The van der Waals surface area contributed by atoms with E-state index in [0.717, 1.165) is 0 Å². The molecule has 0 N–H and O–H groups in total. The quantitative estimate of drug-likeness (QED) is 0.830. The highest BCUT2D eigenvalue weighted by molar-refractivity contribution is 9.11. The van der Waals surface area contributed by atoms with Crippen LogP contribution >= 0.6 is 31.9 Å². The molecule has 0 amide bonds. The van der Waals surface area contributed by atoms with Gasteiger partial charge in [0.1, 0.15) is 11.8 Å². The van der Waals surface area contributed by atoms with E-state index in [9.17, 15) is 8.78 Å². The van der Waals surface area contributed by atoms with Crippen molar-refractivity contribution in [2.75, 3.05) is 0 Å². The first-order chi connectivity index (χ1) is 6.54. The first kappa shape index (κ1) is 11.4. The van der Waals surface area contributed by atoms with Crippen molar-refractivity contribution in [3.63, 3.8) is 0 Å². The topological polar surface area (TPSA) is 33.0 Å². The Morgan fingerprint density at radius 1 is 1.29 bits per heavy atom. The molecule has 0 aromatic heterocycles. The fourth-order valence-corrected chi connectivity index (χ4v) is 1.98. The Balaban J connectivity index is 3.12. The van der Waals surface area contributed by atoms with Crippen LogP contribution in [0.3, 0.4) is 0 Å². The van der Waals surface area contributed by atoms with Crippen LogP contribution in [-0.2, 0) is 0 Å². The van der Waals surface area contributed by atoms with Crippen LogP contribution in [0.5, 0.6) is 5.75 Å². The number of halogens is 4. The average molecular weight is 327 g/mol. The molecule has 0 unspecified atom stereocenters. The van der Waals surface area contributed by atoms with Gasteiger partial charge in [-0.1, -0.05) is 0 Å². The molecule has 0 aliphatic rings. The number of hydrogen-bond donors (Lipinski definition) is 0. The molecule has 0 radical (unpaired) electrons. The van der Waals surface area contributed by atoms with Crippen LogP contribution in [0.15, 0.2) is 21.1 Å². The largest absolute Gasteiger partial charge is 0.434 e. The van der Waals surface area contributed by atoms with Gasteiger partial charge in [-0.15, -0.1) is 0 Å². The van der Waals surface area contributed by atoms with Crippen LogP contribution in [0.25, 0.3) is 0 Å². The minimum Gasteiger partial charge on any atom is -0.434 e. The van der Waals surface area contributed by atoms with Crippen molar-refractivity contribution in [1.82, 2.24) is 0 Å². The maximum absolute atomic E-state index is 11.9. The summed E-state index contributed by atoms with van der Waals surface area (Å²) in [5, 5.41) is 8.63. The zero-order valence-corrected chi connectivity index (χ0v) is 9.77. The molecule has 0 saturated heterocycles. The molecule has 0 bridgehead atoms. The van der Waals surface area contributed by atoms with Crippen molar-refractivity contribution in [3.8, 4) is 11.8 Å². The van der Waals surface area contributed by atoms with Gasteiger partial charge in [-0.05, 0) is 37.9 Å². The van der Waals surface area contributed by atoms with E-state index in [4.69, 9.17) is 5.26 Å². The predicted octanol–water partition coefficient (Wildman–Crippen LogP) is 3.68. The van der Waals surface area contributed by atoms with Crippen LogP contribution in [0.2, 0.25) is 0 Å². The van der Waals surface area contributed by atoms with Crippen molar-refractivity contribution in [1.29, 1.82) is 5.26 Å². The smallest absolute Gasteiger partial charge is 0.387 e. The van der Waals surface area contributed by atoms with Crippen molar-refractivity contribution in [2.24, 2.45) is 0 Å². The Hall–Kier alpha value is -0.670. The normalized spacial score (nSPS) is 10.0. The third kappa shape index (κ3) is 2.66. The second-order valence-electron chi connectivity index (χ2n) is 2.25. The van der Waals surface area contributed by atoms with Gasteiger partial charge in [0.05, 0.1) is 10.0 Å². The van der Waals surface area contributed by atoms with Gasteiger partial charge in [-0.3, -0.25) is 0 Å². The molecular weight excluding hydrogens is 324 g/mol. The molecule has 0 atom stereocenters. The highest BCUT2D eigenvalue weighted by Crippen LogP contribution is 2.32. The van der Waals surface area contributed by atoms with Crippen molar-refractivity contribution in [2.45, 2.75) is 6.61 Å². The van der Waals surface area contributed by atoms with Crippen molar-refractivity contribution < 1.29 is 13.5 Å². The van der Waals surface area contributed by atoms with Gasteiger partial charge in [-0.25, -0.2) is 0 Å². The van der Waals surface area contributed by atoms with E-state index in [-0.39, 0.29) is 11.3 Å². The minimum atomic E-state index is -2.90. The predicted molar refractivity (Wildman–Crippen MR) is 53.2 cm³/mol. The summed E-state index contributed by atoms with van der Waals surface area (Å²) >= 11 is 6.15. The first-order valence-corrected chi connectivity index (χ1v) is 4.97. The summed E-state index contributed by atoms with van der Waals surface area (Å²) < 4.78 is 28.9. The summed E-state index contributed by atoms with van der Waals surface area (Å²) in [5.74, 6) is -0.0558. The lowest BCUT2D eigenvalue weighted by Crippen LogP contribution is -2.02. The summed E-state index contributed by atoms with van der Waals surface area (Å²) in [4.78, 5) is 0. The van der Waals surface area contributed by atoms with Crippen molar-refractivity contribution >= 4 is 31.9 Å². The molecule has 2 nitrogen and oxygen atoms in total. The Bertz CT molecular complexity index is 390. The van der Waals surface area contributed by atoms with E-state index >= 15 is 0 Å². The van der Waals surface area contributed by atoms with Gasteiger partial charge in [0.25, 0.3) is 0 Å². The van der Waals surface area contributed by atoms with Crippen LogP contribution in [0, 0.1) is 11.3 Å². The second kappa shape index (κ2) is 4.71. The first-order valence-electron chi connectivity index (χ1n) is 3.38. The van der Waals surface area contributed by atoms with Crippen LogP contribution in [-0.4, -0.2) is 6.61 Å². The fourth-order valence-electron chi connectivity index (χ4n) is 0.801. The van der Waals surface area contributed by atoms with Crippen LogP contribution < -0.4 is 4.74 Å². The molecule has 74 valence electrons. The van der Waals surface area contributed by atoms with Gasteiger partial charge in [0, 0.05) is 10.5 Å². The second-order valence-corrected chi connectivity index (χ2v) is 3.96. The number of ether oxygens (including phenoxy) is 1. The molecule has 0 aliphatic carbocycles. The standard InChI is InChI=1S/C8H3Br2F2NO/c9-5-2-6(10)7(14-8(11)12)1-4(5)3-13/h1-2,8H. The van der Waals surface area contributed by atoms with Gasteiger partial charge < -0.3 is 4.74 Å². The molecule has 0 spiro atoms. The Kier molecular flexibility index (Phi) is 3.84. The average Bonchev–Trinajstić information content (AvgIpc) is 2.09. The van der Waals surface area contributed by atoms with E-state index in [2.05, 4.69) is 36.6 Å². The van der Waals surface area contributed by atoms with Gasteiger partial charge in [0.15, 0.2) is 0 Å². The van der Waals surface area contributed by atoms with Gasteiger partial charge >= 0.3 is 6.61 Å². The number of hydrogen-bond acceptors (Lipinski definition) is 2. The molecule has 0 saturated carbocycles. The molecule has 1 aromatic carbocycles. The zero-order chi connectivity index (χ0) is 10.7. The summed E-state index contributed by atoms with van der Waals surface area (Å²) in [5.41, 5.74) is 0.240. The van der Waals surface area contributed by atoms with Gasteiger partial charge in [-0.2, -0.15) is 14.0 Å². The van der Waals surface area contributed by atoms with E-state index < -0.39 is 6.61 Å². The molecule has 0 aliphatic heterocycles. The van der Waals surface area contributed by atoms with Crippen LogP contribution in [0.4, 0.5) is 8.78 Å².